The second-order valence-corrected chi connectivity index (χ2v) is 8.52. The quantitative estimate of drug-likeness (QED) is 0.601. The van der Waals surface area contributed by atoms with Crippen LogP contribution in [0, 0.1) is 10.1 Å². The third kappa shape index (κ3) is 3.35. The molecule has 0 bridgehead atoms. The van der Waals surface area contributed by atoms with Crippen LogP contribution in [0.2, 0.25) is 0 Å². The summed E-state index contributed by atoms with van der Waals surface area (Å²) in [6.07, 6.45) is 2.00. The lowest BCUT2D eigenvalue weighted by atomic mass is 10.2. The Balaban J connectivity index is 2.32. The molecule has 0 amide bonds. The molecular weight excluding hydrogens is 314 g/mol. The van der Waals surface area contributed by atoms with Gasteiger partial charge in [0, 0.05) is 31.5 Å². The highest BCUT2D eigenvalue weighted by Crippen LogP contribution is 2.41. The molecular formula is C12H19N3O4S2. The van der Waals surface area contributed by atoms with Gasteiger partial charge in [0.15, 0.2) is 14.8 Å². The van der Waals surface area contributed by atoms with Gasteiger partial charge in [-0.05, 0) is 20.0 Å². The van der Waals surface area contributed by atoms with Gasteiger partial charge >= 0.3 is 5.69 Å². The third-order valence-electron chi connectivity index (χ3n) is 3.81. The predicted octanol–water partition coefficient (Wildman–Crippen LogP) is 1.59. The maximum absolute atomic E-state index is 11.6. The van der Waals surface area contributed by atoms with Crippen molar-refractivity contribution < 1.29 is 13.3 Å². The van der Waals surface area contributed by atoms with Crippen molar-refractivity contribution >= 4 is 31.9 Å². The van der Waals surface area contributed by atoms with Crippen LogP contribution in [0.1, 0.15) is 13.3 Å². The standard InChI is InChI=1S/C12H19N3O4S2/c1-4-13(2)9-5-6-14(8-9)12-10(15(16)17)7-11(20-12)21(3,18)19/h7,9H,4-6,8H2,1-3H3. The molecule has 1 aliphatic heterocycles. The summed E-state index contributed by atoms with van der Waals surface area (Å²) in [5.41, 5.74) is -0.111. The zero-order valence-corrected chi connectivity index (χ0v) is 13.9. The molecule has 1 saturated heterocycles. The summed E-state index contributed by atoms with van der Waals surface area (Å²) in [6, 6.07) is 1.52. The monoisotopic (exact) mass is 333 g/mol. The molecule has 2 rings (SSSR count). The van der Waals surface area contributed by atoms with E-state index in [9.17, 15) is 18.5 Å². The van der Waals surface area contributed by atoms with E-state index in [-0.39, 0.29) is 9.90 Å². The van der Waals surface area contributed by atoms with Crippen molar-refractivity contribution in [2.75, 3.05) is 37.8 Å². The molecule has 0 aliphatic carbocycles. The predicted molar refractivity (Wildman–Crippen MR) is 83.0 cm³/mol. The van der Waals surface area contributed by atoms with Crippen LogP contribution >= 0.6 is 11.3 Å². The largest absolute Gasteiger partial charge is 0.356 e. The van der Waals surface area contributed by atoms with Crippen LogP contribution in [0.25, 0.3) is 0 Å². The number of hydrogen-bond donors (Lipinski definition) is 0. The van der Waals surface area contributed by atoms with E-state index in [4.69, 9.17) is 0 Å². The molecule has 1 fully saturated rings. The highest BCUT2D eigenvalue weighted by Gasteiger charge is 2.32. The maximum Gasteiger partial charge on any atom is 0.305 e. The Morgan fingerprint density at radius 1 is 1.57 bits per heavy atom. The fourth-order valence-corrected chi connectivity index (χ4v) is 4.50. The number of sulfone groups is 1. The van der Waals surface area contributed by atoms with Gasteiger partial charge in [-0.25, -0.2) is 8.42 Å². The molecule has 21 heavy (non-hydrogen) atoms. The molecule has 0 N–H and O–H groups in total. The zero-order valence-electron chi connectivity index (χ0n) is 12.3. The van der Waals surface area contributed by atoms with Gasteiger partial charge in [0.2, 0.25) is 0 Å². The van der Waals surface area contributed by atoms with Gasteiger partial charge in [-0.15, -0.1) is 0 Å². The Kier molecular flexibility index (Phi) is 4.54. The van der Waals surface area contributed by atoms with E-state index in [0.717, 1.165) is 30.6 Å². The van der Waals surface area contributed by atoms with Crippen LogP contribution in [0.15, 0.2) is 10.3 Å². The first-order valence-corrected chi connectivity index (χ1v) is 9.38. The van der Waals surface area contributed by atoms with Gasteiger partial charge in [0.1, 0.15) is 4.21 Å². The summed E-state index contributed by atoms with van der Waals surface area (Å²) >= 11 is 0.991. The Hall–Kier alpha value is -1.19. The van der Waals surface area contributed by atoms with E-state index < -0.39 is 14.8 Å². The van der Waals surface area contributed by atoms with Crippen molar-refractivity contribution in [2.24, 2.45) is 0 Å². The SMILES string of the molecule is CCN(C)C1CCN(c2sc(S(C)(=O)=O)cc2[N+](=O)[O-])C1. The van der Waals surface area contributed by atoms with Crippen molar-refractivity contribution in [3.05, 3.63) is 16.2 Å². The molecule has 1 unspecified atom stereocenters. The second kappa shape index (κ2) is 5.90. The Labute approximate surface area is 128 Å². The molecule has 0 radical (unpaired) electrons. The number of likely N-dealkylation sites (N-methyl/N-ethyl adjacent to an activating group) is 1. The summed E-state index contributed by atoms with van der Waals surface area (Å²) in [7, 11) is -1.40. The van der Waals surface area contributed by atoms with Gasteiger partial charge in [0.05, 0.1) is 4.92 Å². The Bertz CT molecular complexity index is 641. The summed E-state index contributed by atoms with van der Waals surface area (Å²) in [6.45, 7) is 4.38. The molecule has 7 nitrogen and oxygen atoms in total. The summed E-state index contributed by atoms with van der Waals surface area (Å²) in [5.74, 6) is 0. The molecule has 0 spiro atoms. The summed E-state index contributed by atoms with van der Waals surface area (Å²) in [4.78, 5) is 14.8. The van der Waals surface area contributed by atoms with Gasteiger partial charge in [-0.2, -0.15) is 0 Å². The first-order valence-electron chi connectivity index (χ1n) is 6.67. The maximum atomic E-state index is 11.6. The lowest BCUT2D eigenvalue weighted by molar-refractivity contribution is -0.383. The summed E-state index contributed by atoms with van der Waals surface area (Å²) < 4.78 is 23.3. The third-order valence-corrected chi connectivity index (χ3v) is 6.79. The minimum absolute atomic E-state index is 0.0523. The molecule has 0 saturated carbocycles. The van der Waals surface area contributed by atoms with Crippen molar-refractivity contribution in [2.45, 2.75) is 23.6 Å². The minimum atomic E-state index is -3.43. The molecule has 1 aromatic heterocycles. The van der Waals surface area contributed by atoms with E-state index in [2.05, 4.69) is 11.8 Å². The van der Waals surface area contributed by atoms with Crippen molar-refractivity contribution in [3.63, 3.8) is 0 Å². The van der Waals surface area contributed by atoms with Crippen LogP contribution < -0.4 is 4.90 Å². The van der Waals surface area contributed by atoms with Gasteiger partial charge in [-0.1, -0.05) is 18.3 Å². The molecule has 1 atom stereocenters. The van der Waals surface area contributed by atoms with Crippen LogP contribution in [-0.4, -0.2) is 57.2 Å². The molecule has 0 aromatic carbocycles. The van der Waals surface area contributed by atoms with Crippen LogP contribution in [0.4, 0.5) is 10.7 Å². The molecule has 1 aliphatic rings. The smallest absolute Gasteiger partial charge is 0.305 e. The lowest BCUT2D eigenvalue weighted by Gasteiger charge is -2.22. The van der Waals surface area contributed by atoms with Gasteiger partial charge in [-0.3, -0.25) is 10.1 Å². The van der Waals surface area contributed by atoms with E-state index in [0.29, 0.717) is 24.1 Å². The van der Waals surface area contributed by atoms with Gasteiger partial charge in [0.25, 0.3) is 0 Å². The number of hydrogen-bond acceptors (Lipinski definition) is 7. The van der Waals surface area contributed by atoms with Crippen LogP contribution in [-0.2, 0) is 9.84 Å². The first-order chi connectivity index (χ1) is 9.74. The van der Waals surface area contributed by atoms with E-state index in [1.807, 2.05) is 11.9 Å². The zero-order chi connectivity index (χ0) is 15.8. The average molecular weight is 333 g/mol. The molecule has 1 aromatic rings. The Morgan fingerprint density at radius 2 is 2.24 bits per heavy atom. The fraction of sp³-hybridized carbons (Fsp3) is 0.667. The molecule has 9 heteroatoms. The fourth-order valence-electron chi connectivity index (χ4n) is 2.43. The van der Waals surface area contributed by atoms with Crippen molar-refractivity contribution in [3.8, 4) is 0 Å². The first kappa shape index (κ1) is 16.2. The average Bonchev–Trinajstić information content (AvgIpc) is 3.02. The second-order valence-electron chi connectivity index (χ2n) is 5.25. The van der Waals surface area contributed by atoms with E-state index in [1.54, 1.807) is 0 Å². The number of rotatable bonds is 5. The van der Waals surface area contributed by atoms with Crippen molar-refractivity contribution in [1.82, 2.24) is 4.90 Å². The summed E-state index contributed by atoms with van der Waals surface area (Å²) in [5, 5.41) is 11.6. The van der Waals surface area contributed by atoms with Crippen molar-refractivity contribution in [1.29, 1.82) is 0 Å². The van der Waals surface area contributed by atoms with E-state index in [1.165, 1.54) is 6.07 Å². The lowest BCUT2D eigenvalue weighted by Crippen LogP contribution is -2.34. The van der Waals surface area contributed by atoms with Gasteiger partial charge < -0.3 is 9.80 Å². The topological polar surface area (TPSA) is 83.8 Å². The number of anilines is 1. The highest BCUT2D eigenvalue weighted by atomic mass is 32.2. The van der Waals surface area contributed by atoms with Crippen LogP contribution in [0.3, 0.4) is 0 Å². The Morgan fingerprint density at radius 3 is 2.76 bits per heavy atom. The van der Waals surface area contributed by atoms with Crippen LogP contribution in [0.5, 0.6) is 0 Å². The number of thiophene rings is 1. The highest BCUT2D eigenvalue weighted by molar-refractivity contribution is 7.92. The number of nitrogens with zero attached hydrogens (tertiary/aromatic N) is 3. The normalized spacial score (nSPS) is 19.4. The van der Waals surface area contributed by atoms with E-state index >= 15 is 0 Å². The minimum Gasteiger partial charge on any atom is -0.356 e. The molecule has 2 heterocycles. The molecule has 118 valence electrons. The number of nitro groups is 1.